The topological polar surface area (TPSA) is 49.4 Å². The summed E-state index contributed by atoms with van der Waals surface area (Å²) < 4.78 is 13.8. The van der Waals surface area contributed by atoms with E-state index in [1.54, 1.807) is 28.8 Å². The molecular weight excluding hydrogens is 387 g/mol. The van der Waals surface area contributed by atoms with E-state index in [0.717, 1.165) is 38.5 Å². The summed E-state index contributed by atoms with van der Waals surface area (Å²) in [6.07, 6.45) is 11.4. The van der Waals surface area contributed by atoms with Crippen molar-refractivity contribution in [3.8, 4) is 0 Å². The van der Waals surface area contributed by atoms with E-state index in [1.807, 2.05) is 0 Å². The van der Waals surface area contributed by atoms with Gasteiger partial charge in [-0.25, -0.2) is 4.39 Å². The minimum atomic E-state index is -0.468. The lowest BCUT2D eigenvalue weighted by Gasteiger charge is -2.36. The summed E-state index contributed by atoms with van der Waals surface area (Å²) in [4.78, 5) is 28.4. The third-order valence-electron chi connectivity index (χ3n) is 6.65. The third-order valence-corrected chi connectivity index (χ3v) is 8.11. The summed E-state index contributed by atoms with van der Waals surface area (Å²) in [5.74, 6) is 0.376. The van der Waals surface area contributed by atoms with Crippen molar-refractivity contribution in [2.45, 2.75) is 81.7 Å². The van der Waals surface area contributed by atoms with Crippen molar-refractivity contribution in [3.63, 3.8) is 0 Å². The Kier molecular flexibility index (Phi) is 6.78. The highest BCUT2D eigenvalue weighted by Gasteiger charge is 2.45. The first-order valence-corrected chi connectivity index (χ1v) is 12.2. The second-order valence-corrected chi connectivity index (χ2v) is 9.85. The smallest absolute Gasteiger partial charge is 0.255 e. The average molecular weight is 419 g/mol. The summed E-state index contributed by atoms with van der Waals surface area (Å²) in [5.41, 5.74) is 0.337. The van der Waals surface area contributed by atoms with Gasteiger partial charge in [0.2, 0.25) is 5.91 Å². The Labute approximate surface area is 177 Å². The number of nitrogens with one attached hydrogen (secondary N) is 1. The zero-order valence-electron chi connectivity index (χ0n) is 16.9. The van der Waals surface area contributed by atoms with Crippen molar-refractivity contribution in [2.75, 3.05) is 5.75 Å². The first-order valence-electron chi connectivity index (χ1n) is 11.1. The van der Waals surface area contributed by atoms with Crippen LogP contribution < -0.4 is 5.32 Å². The number of carbonyl (C=O) groups is 2. The molecule has 4 nitrogen and oxygen atoms in total. The van der Waals surface area contributed by atoms with Crippen molar-refractivity contribution in [2.24, 2.45) is 5.92 Å². The van der Waals surface area contributed by atoms with Gasteiger partial charge in [0.15, 0.2) is 0 Å². The van der Waals surface area contributed by atoms with Gasteiger partial charge in [0.25, 0.3) is 5.91 Å². The van der Waals surface area contributed by atoms with Crippen LogP contribution in [0.3, 0.4) is 0 Å². The number of thioether (sulfide) groups is 1. The summed E-state index contributed by atoms with van der Waals surface area (Å²) >= 11 is 1.73. The molecule has 2 atom stereocenters. The molecule has 158 valence electrons. The van der Waals surface area contributed by atoms with E-state index in [9.17, 15) is 14.0 Å². The van der Waals surface area contributed by atoms with Crippen LogP contribution in [0.2, 0.25) is 0 Å². The number of hydrogen-bond donors (Lipinski definition) is 1. The molecule has 1 heterocycles. The van der Waals surface area contributed by atoms with E-state index in [4.69, 9.17) is 0 Å². The molecule has 1 N–H and O–H groups in total. The summed E-state index contributed by atoms with van der Waals surface area (Å²) in [5, 5.41) is 3.22. The number of rotatable bonds is 4. The van der Waals surface area contributed by atoms with Gasteiger partial charge in [-0.1, -0.05) is 44.6 Å². The van der Waals surface area contributed by atoms with E-state index < -0.39 is 11.9 Å². The maximum absolute atomic E-state index is 13.8. The molecule has 0 radical (unpaired) electrons. The number of hydrogen-bond acceptors (Lipinski definition) is 3. The predicted molar refractivity (Wildman–Crippen MR) is 114 cm³/mol. The Morgan fingerprint density at radius 1 is 1.00 bits per heavy atom. The minimum absolute atomic E-state index is 0.00757. The second-order valence-electron chi connectivity index (χ2n) is 8.70. The van der Waals surface area contributed by atoms with Crippen LogP contribution in [-0.2, 0) is 4.79 Å². The Morgan fingerprint density at radius 3 is 2.38 bits per heavy atom. The standard InChI is InChI=1S/C23H31FN2O2S/c24-18-11-7-10-17(14-18)22(28)26-20(21(27)25-19-12-5-2-6-13-19)15-29-23(26)16-8-3-1-4-9-16/h7,10-11,14,16,19-20,23H,1-6,8-9,12-13,15H2,(H,25,27). The van der Waals surface area contributed by atoms with E-state index in [-0.39, 0.29) is 23.2 Å². The molecule has 4 rings (SSSR count). The lowest BCUT2D eigenvalue weighted by Crippen LogP contribution is -2.53. The molecule has 1 aromatic rings. The number of benzene rings is 1. The van der Waals surface area contributed by atoms with Crippen LogP contribution in [0.25, 0.3) is 0 Å². The van der Waals surface area contributed by atoms with E-state index in [0.29, 0.717) is 17.2 Å². The van der Waals surface area contributed by atoms with Gasteiger partial charge in [0.1, 0.15) is 11.9 Å². The van der Waals surface area contributed by atoms with Gasteiger partial charge < -0.3 is 10.2 Å². The molecule has 0 aromatic heterocycles. The lowest BCUT2D eigenvalue weighted by atomic mass is 9.88. The van der Waals surface area contributed by atoms with Crippen molar-refractivity contribution in [3.05, 3.63) is 35.6 Å². The molecule has 2 unspecified atom stereocenters. The molecule has 1 aromatic carbocycles. The first-order chi connectivity index (χ1) is 14.1. The molecule has 3 fully saturated rings. The van der Waals surface area contributed by atoms with Gasteiger partial charge in [0, 0.05) is 17.4 Å². The Hall–Kier alpha value is -1.56. The van der Waals surface area contributed by atoms with Crippen LogP contribution in [0.15, 0.2) is 24.3 Å². The fourth-order valence-corrected chi connectivity index (χ4v) is 6.72. The Morgan fingerprint density at radius 2 is 1.69 bits per heavy atom. The molecule has 1 saturated heterocycles. The molecule has 6 heteroatoms. The fraction of sp³-hybridized carbons (Fsp3) is 0.652. The molecule has 2 amide bonds. The second kappa shape index (κ2) is 9.50. The van der Waals surface area contributed by atoms with Gasteiger partial charge in [0.05, 0.1) is 5.37 Å². The van der Waals surface area contributed by atoms with Gasteiger partial charge in [-0.15, -0.1) is 11.8 Å². The number of nitrogens with zero attached hydrogens (tertiary/aromatic N) is 1. The molecule has 2 saturated carbocycles. The fourth-order valence-electron chi connectivity index (χ4n) is 5.08. The summed E-state index contributed by atoms with van der Waals surface area (Å²) in [7, 11) is 0. The molecule has 0 bridgehead atoms. The van der Waals surface area contributed by atoms with Crippen molar-refractivity contribution >= 4 is 23.6 Å². The summed E-state index contributed by atoms with van der Waals surface area (Å²) in [6.45, 7) is 0. The van der Waals surface area contributed by atoms with Crippen LogP contribution in [0.5, 0.6) is 0 Å². The first kappa shape index (κ1) is 20.7. The van der Waals surface area contributed by atoms with Crippen LogP contribution in [0.4, 0.5) is 4.39 Å². The van der Waals surface area contributed by atoms with Crippen LogP contribution >= 0.6 is 11.8 Å². The highest BCUT2D eigenvalue weighted by Crippen LogP contribution is 2.41. The van der Waals surface area contributed by atoms with Gasteiger partial charge in [-0.2, -0.15) is 0 Å². The monoisotopic (exact) mass is 418 g/mol. The van der Waals surface area contributed by atoms with Crippen molar-refractivity contribution in [1.82, 2.24) is 10.2 Å². The molecule has 3 aliphatic rings. The Balaban J connectivity index is 1.55. The number of amides is 2. The van der Waals surface area contributed by atoms with Crippen LogP contribution in [0, 0.1) is 11.7 Å². The summed E-state index contributed by atoms with van der Waals surface area (Å²) in [6, 6.07) is 5.62. The van der Waals surface area contributed by atoms with Gasteiger partial charge >= 0.3 is 0 Å². The zero-order chi connectivity index (χ0) is 20.2. The third kappa shape index (κ3) is 4.79. The molecule has 2 aliphatic carbocycles. The normalized spacial score (nSPS) is 26.4. The Bertz CT molecular complexity index is 731. The predicted octanol–water partition coefficient (Wildman–Crippen LogP) is 4.74. The maximum Gasteiger partial charge on any atom is 0.255 e. The van der Waals surface area contributed by atoms with Gasteiger partial charge in [-0.3, -0.25) is 9.59 Å². The van der Waals surface area contributed by atoms with Crippen LogP contribution in [0.1, 0.15) is 74.6 Å². The average Bonchev–Trinajstić information content (AvgIpc) is 3.20. The SMILES string of the molecule is O=C(NC1CCCCC1)C1CSC(C2CCCCC2)N1C(=O)c1cccc(F)c1. The zero-order valence-corrected chi connectivity index (χ0v) is 17.8. The van der Waals surface area contributed by atoms with E-state index in [2.05, 4.69) is 5.32 Å². The number of carbonyl (C=O) groups excluding carboxylic acids is 2. The highest BCUT2D eigenvalue weighted by atomic mass is 32.2. The van der Waals surface area contributed by atoms with Crippen molar-refractivity contribution < 1.29 is 14.0 Å². The quantitative estimate of drug-likeness (QED) is 0.768. The largest absolute Gasteiger partial charge is 0.352 e. The highest BCUT2D eigenvalue weighted by molar-refractivity contribution is 8.00. The molecule has 29 heavy (non-hydrogen) atoms. The minimum Gasteiger partial charge on any atom is -0.352 e. The van der Waals surface area contributed by atoms with Crippen molar-refractivity contribution in [1.29, 1.82) is 0 Å². The number of halogens is 1. The lowest BCUT2D eigenvalue weighted by molar-refractivity contribution is -0.126. The van der Waals surface area contributed by atoms with E-state index in [1.165, 1.54) is 37.8 Å². The van der Waals surface area contributed by atoms with E-state index >= 15 is 0 Å². The van der Waals surface area contributed by atoms with Crippen LogP contribution in [-0.4, -0.2) is 39.9 Å². The van der Waals surface area contributed by atoms with Gasteiger partial charge in [-0.05, 0) is 49.8 Å². The maximum atomic E-state index is 13.8. The molecule has 1 aliphatic heterocycles. The molecule has 0 spiro atoms. The molecular formula is C23H31FN2O2S.